The van der Waals surface area contributed by atoms with Gasteiger partial charge in [-0.25, -0.2) is 0 Å². The average molecular weight is 1060 g/mol. The third-order valence-electron chi connectivity index (χ3n) is 11.4. The van der Waals surface area contributed by atoms with Gasteiger partial charge in [0.05, 0.1) is 39.0 Å². The first kappa shape index (κ1) is 57.6. The zero-order valence-corrected chi connectivity index (χ0v) is 39.9. The summed E-state index contributed by atoms with van der Waals surface area (Å²) in [4.78, 5) is 93.4. The van der Waals surface area contributed by atoms with Gasteiger partial charge in [-0.15, -0.1) is 0 Å². The normalized spacial score (nSPS) is 30.5. The van der Waals surface area contributed by atoms with E-state index in [-0.39, 0.29) is 30.1 Å². The lowest BCUT2D eigenvalue weighted by Crippen LogP contribution is -2.65. The second-order valence-electron chi connectivity index (χ2n) is 16.8. The predicted octanol–water partition coefficient (Wildman–Crippen LogP) is -7.80. The second kappa shape index (κ2) is 27.7. The van der Waals surface area contributed by atoms with E-state index < -0.39 is 166 Å². The second-order valence-corrected chi connectivity index (χ2v) is 19.3. The van der Waals surface area contributed by atoms with Gasteiger partial charge in [0.2, 0.25) is 41.4 Å². The topological polar surface area (TPSA) is 442 Å². The fourth-order valence-electron chi connectivity index (χ4n) is 7.36. The zero-order valence-electron chi connectivity index (χ0n) is 38.3. The first-order chi connectivity index (χ1) is 34.3. The van der Waals surface area contributed by atoms with Crippen LogP contribution in [0.3, 0.4) is 0 Å². The first-order valence-corrected chi connectivity index (χ1v) is 24.8. The zero-order chi connectivity index (χ0) is 52.6. The smallest absolute Gasteiger partial charge is 0.245 e. The van der Waals surface area contributed by atoms with E-state index in [1.807, 2.05) is 0 Å². The third kappa shape index (κ3) is 16.4. The molecule has 0 radical (unpaired) electrons. The van der Waals surface area contributed by atoms with Gasteiger partial charge in [0.25, 0.3) is 0 Å². The summed E-state index contributed by atoms with van der Waals surface area (Å²) in [6.45, 7) is -3.99. The van der Waals surface area contributed by atoms with Crippen LogP contribution in [0.4, 0.5) is 0 Å². The first-order valence-electron chi connectivity index (χ1n) is 22.4. The predicted molar refractivity (Wildman–Crippen MR) is 250 cm³/mol. The lowest BCUT2D eigenvalue weighted by molar-refractivity contribution is -0.359. The summed E-state index contributed by atoms with van der Waals surface area (Å²) in [5, 5.41) is 97.1. The van der Waals surface area contributed by atoms with Crippen LogP contribution in [0.25, 0.3) is 0 Å². The molecule has 3 aliphatic heterocycles. The summed E-state index contributed by atoms with van der Waals surface area (Å²) in [6.07, 6.45) is -18.1. The molecule has 29 heteroatoms. The summed E-state index contributed by atoms with van der Waals surface area (Å²) in [7, 11) is 1.96. The Hall–Kier alpha value is -5.25. The molecule has 0 aliphatic carbocycles. The van der Waals surface area contributed by atoms with Crippen molar-refractivity contribution >= 4 is 62.9 Å². The van der Waals surface area contributed by atoms with Gasteiger partial charge in [0.15, 0.2) is 12.6 Å². The van der Waals surface area contributed by atoms with E-state index in [1.165, 1.54) is 12.1 Å². The van der Waals surface area contributed by atoms with Gasteiger partial charge in [-0.05, 0) is 29.7 Å². The molecule has 0 unspecified atom stereocenters. The summed E-state index contributed by atoms with van der Waals surface area (Å²) >= 11 is 0. The maximum atomic E-state index is 14.2. The van der Waals surface area contributed by atoms with Crippen molar-refractivity contribution in [2.45, 2.75) is 104 Å². The number of rotatable bonds is 18. The highest BCUT2D eigenvalue weighted by Gasteiger charge is 2.51. The maximum absolute atomic E-state index is 14.2. The largest absolute Gasteiger partial charge is 0.508 e. The minimum absolute atomic E-state index is 0.00444. The highest BCUT2D eigenvalue weighted by molar-refractivity contribution is 8.76. The number of aliphatic hydroxyl groups excluding tert-OH is 7. The number of aliphatic hydroxyl groups is 7. The number of benzene rings is 2. The number of phenolic OH excluding ortho intramolecular Hbond substituents is 1. The minimum atomic E-state index is -2.05. The van der Waals surface area contributed by atoms with Crippen molar-refractivity contribution in [3.63, 3.8) is 0 Å². The van der Waals surface area contributed by atoms with Gasteiger partial charge in [-0.3, -0.25) is 33.6 Å². The van der Waals surface area contributed by atoms with Gasteiger partial charge in [0, 0.05) is 17.9 Å². The van der Waals surface area contributed by atoms with Crippen LogP contribution in [0.2, 0.25) is 0 Å². The molecule has 398 valence electrons. The molecule has 3 fully saturated rings. The van der Waals surface area contributed by atoms with Gasteiger partial charge in [-0.1, -0.05) is 64.1 Å². The quantitative estimate of drug-likeness (QED) is 0.0617. The third-order valence-corrected chi connectivity index (χ3v) is 13.8. The van der Waals surface area contributed by atoms with E-state index in [1.54, 1.807) is 42.5 Å². The number of carbonyl (C=O) groups is 7. The Balaban J connectivity index is 1.33. The summed E-state index contributed by atoms with van der Waals surface area (Å²) in [6, 6.07) is 7.38. The number of carbonyl (C=O) groups excluding carboxylic acids is 7. The van der Waals surface area contributed by atoms with Crippen molar-refractivity contribution in [1.82, 2.24) is 31.9 Å². The van der Waals surface area contributed by atoms with Crippen LogP contribution >= 0.6 is 21.6 Å². The number of hydrogen-bond donors (Lipinski definition) is 16. The number of aromatic hydroxyl groups is 1. The van der Waals surface area contributed by atoms with E-state index in [2.05, 4.69) is 31.9 Å². The lowest BCUT2D eigenvalue weighted by Gasteiger charge is -2.46. The molecule has 2 aromatic rings. The van der Waals surface area contributed by atoms with Gasteiger partial charge < -0.3 is 103 Å². The molecule has 5 rings (SSSR count). The SMILES string of the molecule is NC(=O)CNC(=O)[C@H](CO[C@@H]1O[C@H](CO)[C@@H](O[C@@H]2O[C@H](CO)[C@H](O)[C@H](O)[C@H]2O)[C@H](O)[C@H]1O)NC(=O)[C@H]1CSSC[C@@H](NC(=O)[C@@H](N)Cc2ccc(O)cc2)C(=O)NCC(=O)N[C@@H](Cc2ccccc2)C(=O)N1. The van der Waals surface area contributed by atoms with Crippen molar-refractivity contribution in [1.29, 1.82) is 0 Å². The van der Waals surface area contributed by atoms with Crippen LogP contribution in [0, 0.1) is 0 Å². The summed E-state index contributed by atoms with van der Waals surface area (Å²) in [5.74, 6) is -6.69. The van der Waals surface area contributed by atoms with Gasteiger partial charge in [-0.2, -0.15) is 0 Å². The molecular formula is C43H60N8O19S2. The molecule has 0 spiro atoms. The van der Waals surface area contributed by atoms with Gasteiger partial charge in [0.1, 0.15) is 78.7 Å². The number of hydrogen-bond acceptors (Lipinski definition) is 22. The molecular weight excluding hydrogens is 997 g/mol. The van der Waals surface area contributed by atoms with E-state index in [9.17, 15) is 74.4 Å². The van der Waals surface area contributed by atoms with Crippen LogP contribution in [-0.2, 0) is 65.4 Å². The van der Waals surface area contributed by atoms with Crippen LogP contribution < -0.4 is 43.4 Å². The molecule has 2 aromatic carbocycles. The Kier molecular flexibility index (Phi) is 22.2. The number of nitrogens with two attached hydrogens (primary N) is 2. The Morgan fingerprint density at radius 2 is 1.43 bits per heavy atom. The molecule has 15 atom stereocenters. The van der Waals surface area contributed by atoms with E-state index >= 15 is 0 Å². The Bertz CT molecular complexity index is 2150. The van der Waals surface area contributed by atoms with Crippen molar-refractivity contribution in [3.05, 3.63) is 65.7 Å². The Labute approximate surface area is 418 Å². The van der Waals surface area contributed by atoms with Crippen molar-refractivity contribution in [2.75, 3.05) is 44.4 Å². The van der Waals surface area contributed by atoms with Crippen LogP contribution in [0.5, 0.6) is 5.75 Å². The monoisotopic (exact) mass is 1060 g/mol. The fourth-order valence-corrected chi connectivity index (χ4v) is 9.69. The number of ether oxygens (including phenoxy) is 4. The van der Waals surface area contributed by atoms with Crippen molar-refractivity contribution in [2.24, 2.45) is 11.5 Å². The van der Waals surface area contributed by atoms with E-state index in [0.29, 0.717) is 11.1 Å². The maximum Gasteiger partial charge on any atom is 0.245 e. The highest BCUT2D eigenvalue weighted by atomic mass is 33.1. The Morgan fingerprint density at radius 3 is 2.10 bits per heavy atom. The number of nitrogens with one attached hydrogen (secondary N) is 6. The fraction of sp³-hybridized carbons (Fsp3) is 0.558. The molecule has 0 saturated carbocycles. The average Bonchev–Trinajstić information content (AvgIpc) is 3.36. The standard InChI is InChI=1S/C43H60N8O19S2/c44-22(10-20-6-8-21(54)9-7-20)37(62)50-25-17-71-72-18-26(51-40(65)23(11-19-4-2-1-3-5-19)48-30(56)13-47-39(25)64)41(66)49-24(38(63)46-12-29(45)55)16-67-42-35(61)33(59)36(28(15-53)69-42)70-43-34(60)32(58)31(57)27(14-52)68-43/h1-9,22-28,31-36,42-43,52-54,57-61H,10-18,44H2,(H2,45,55)(H,46,63)(H,47,64)(H,48,56)(H,49,66)(H,50,62)(H,51,65)/t22-,23-,24-,25+,26+,27+,28+,31-,32-,33+,34+,35+,36+,42+,43-/m0/s1. The molecule has 7 amide bonds. The van der Waals surface area contributed by atoms with Crippen LogP contribution in [0.1, 0.15) is 11.1 Å². The molecule has 3 saturated heterocycles. The Morgan fingerprint density at radius 1 is 0.778 bits per heavy atom. The van der Waals surface area contributed by atoms with Crippen LogP contribution in [0.15, 0.2) is 54.6 Å². The van der Waals surface area contributed by atoms with E-state index in [0.717, 1.165) is 21.6 Å². The van der Waals surface area contributed by atoms with Gasteiger partial charge >= 0.3 is 0 Å². The molecule has 0 aromatic heterocycles. The van der Waals surface area contributed by atoms with E-state index in [4.69, 9.17) is 30.4 Å². The molecule has 72 heavy (non-hydrogen) atoms. The summed E-state index contributed by atoms with van der Waals surface area (Å²) in [5.41, 5.74) is 12.6. The lowest BCUT2D eigenvalue weighted by atomic mass is 9.97. The molecule has 0 bridgehead atoms. The minimum Gasteiger partial charge on any atom is -0.508 e. The molecule has 3 aliphatic rings. The number of phenols is 1. The van der Waals surface area contributed by atoms with Crippen molar-refractivity contribution < 1.29 is 93.4 Å². The van der Waals surface area contributed by atoms with Crippen molar-refractivity contribution in [3.8, 4) is 5.75 Å². The van der Waals surface area contributed by atoms with Crippen LogP contribution in [-0.4, -0.2) is 218 Å². The number of primary amides is 1. The summed E-state index contributed by atoms with van der Waals surface area (Å²) < 4.78 is 22.2. The molecule has 3 heterocycles. The molecule has 27 nitrogen and oxygen atoms in total. The highest BCUT2D eigenvalue weighted by Crippen LogP contribution is 2.30. The number of amides is 7. The molecule has 18 N–H and O–H groups in total.